The fraction of sp³-hybridized carbons (Fsp3) is 0.769. The third-order valence-electron chi connectivity index (χ3n) is 3.45. The van der Waals surface area contributed by atoms with Crippen molar-refractivity contribution < 1.29 is 9.26 Å². The molecule has 2 atom stereocenters. The molecule has 0 radical (unpaired) electrons. The predicted molar refractivity (Wildman–Crippen MR) is 65.8 cm³/mol. The summed E-state index contributed by atoms with van der Waals surface area (Å²) >= 11 is 0. The Balaban J connectivity index is 1.90. The topological polar surface area (TPSA) is 47.3 Å². The first-order valence-corrected chi connectivity index (χ1v) is 6.37. The molecule has 1 fully saturated rings. The SMILES string of the molecule is Cc1noc(C)c1CNC1CC(C)OC(C)C1. The van der Waals surface area contributed by atoms with Crippen molar-refractivity contribution in [1.82, 2.24) is 10.5 Å². The summed E-state index contributed by atoms with van der Waals surface area (Å²) in [7, 11) is 0. The Bertz CT molecular complexity index is 346. The van der Waals surface area contributed by atoms with Gasteiger partial charge in [-0.3, -0.25) is 0 Å². The second-order valence-electron chi connectivity index (χ2n) is 5.11. The normalized spacial score (nSPS) is 29.5. The summed E-state index contributed by atoms with van der Waals surface area (Å²) in [4.78, 5) is 0. The van der Waals surface area contributed by atoms with Crippen LogP contribution < -0.4 is 5.32 Å². The van der Waals surface area contributed by atoms with E-state index in [1.165, 1.54) is 5.56 Å². The molecule has 0 spiro atoms. The van der Waals surface area contributed by atoms with E-state index in [9.17, 15) is 0 Å². The van der Waals surface area contributed by atoms with E-state index in [-0.39, 0.29) is 0 Å². The van der Waals surface area contributed by atoms with E-state index in [1.807, 2.05) is 13.8 Å². The molecule has 0 bridgehead atoms. The maximum atomic E-state index is 5.73. The lowest BCUT2D eigenvalue weighted by atomic mass is 9.99. The fourth-order valence-corrected chi connectivity index (χ4v) is 2.57. The summed E-state index contributed by atoms with van der Waals surface area (Å²) in [6.45, 7) is 9.07. The highest BCUT2D eigenvalue weighted by atomic mass is 16.5. The lowest BCUT2D eigenvalue weighted by molar-refractivity contribution is -0.0423. The van der Waals surface area contributed by atoms with E-state index in [4.69, 9.17) is 9.26 Å². The average Bonchev–Trinajstić information content (AvgIpc) is 2.55. The summed E-state index contributed by atoms with van der Waals surface area (Å²) in [5, 5.41) is 7.56. The van der Waals surface area contributed by atoms with Gasteiger partial charge in [0, 0.05) is 18.2 Å². The van der Waals surface area contributed by atoms with Gasteiger partial charge in [-0.25, -0.2) is 0 Å². The van der Waals surface area contributed by atoms with E-state index in [0.717, 1.165) is 30.8 Å². The van der Waals surface area contributed by atoms with Crippen LogP contribution in [0.2, 0.25) is 0 Å². The van der Waals surface area contributed by atoms with Gasteiger partial charge in [-0.15, -0.1) is 0 Å². The number of hydrogen-bond donors (Lipinski definition) is 1. The van der Waals surface area contributed by atoms with E-state index in [0.29, 0.717) is 18.2 Å². The molecule has 4 nitrogen and oxygen atoms in total. The van der Waals surface area contributed by atoms with Gasteiger partial charge in [-0.2, -0.15) is 0 Å². The van der Waals surface area contributed by atoms with E-state index in [1.54, 1.807) is 0 Å². The zero-order valence-electron chi connectivity index (χ0n) is 11.1. The Hall–Kier alpha value is -0.870. The molecule has 1 aliphatic rings. The monoisotopic (exact) mass is 238 g/mol. The Morgan fingerprint density at radius 3 is 2.41 bits per heavy atom. The smallest absolute Gasteiger partial charge is 0.138 e. The molecule has 2 unspecified atom stereocenters. The predicted octanol–water partition coefficient (Wildman–Crippen LogP) is 2.34. The van der Waals surface area contributed by atoms with Crippen LogP contribution in [0.1, 0.15) is 43.7 Å². The minimum Gasteiger partial charge on any atom is -0.375 e. The van der Waals surface area contributed by atoms with Crippen molar-refractivity contribution >= 4 is 0 Å². The largest absolute Gasteiger partial charge is 0.375 e. The molecule has 1 saturated heterocycles. The van der Waals surface area contributed by atoms with Gasteiger partial charge in [0.25, 0.3) is 0 Å². The number of rotatable bonds is 3. The quantitative estimate of drug-likeness (QED) is 0.878. The van der Waals surface area contributed by atoms with Crippen LogP contribution in [-0.2, 0) is 11.3 Å². The number of aromatic nitrogens is 1. The molecule has 1 aromatic rings. The van der Waals surface area contributed by atoms with Crippen molar-refractivity contribution in [2.24, 2.45) is 0 Å². The minimum atomic E-state index is 0.348. The van der Waals surface area contributed by atoms with Crippen molar-refractivity contribution in [2.75, 3.05) is 0 Å². The first-order chi connectivity index (χ1) is 8.06. The van der Waals surface area contributed by atoms with Gasteiger partial charge >= 0.3 is 0 Å². The van der Waals surface area contributed by atoms with Gasteiger partial charge in [0.05, 0.1) is 17.9 Å². The zero-order valence-corrected chi connectivity index (χ0v) is 11.1. The molecular weight excluding hydrogens is 216 g/mol. The molecule has 2 heterocycles. The second kappa shape index (κ2) is 5.19. The van der Waals surface area contributed by atoms with E-state index in [2.05, 4.69) is 24.3 Å². The third kappa shape index (κ3) is 3.07. The van der Waals surface area contributed by atoms with E-state index >= 15 is 0 Å². The van der Waals surface area contributed by atoms with Crippen LogP contribution in [-0.4, -0.2) is 23.4 Å². The zero-order chi connectivity index (χ0) is 12.4. The molecule has 4 heteroatoms. The number of nitrogens with zero attached hydrogens (tertiary/aromatic N) is 1. The van der Waals surface area contributed by atoms with Crippen molar-refractivity contribution in [1.29, 1.82) is 0 Å². The van der Waals surface area contributed by atoms with Gasteiger partial charge in [-0.1, -0.05) is 5.16 Å². The number of ether oxygens (including phenoxy) is 1. The fourth-order valence-electron chi connectivity index (χ4n) is 2.57. The summed E-state index contributed by atoms with van der Waals surface area (Å²) in [5.74, 6) is 0.920. The Morgan fingerprint density at radius 2 is 1.88 bits per heavy atom. The lowest BCUT2D eigenvalue weighted by Gasteiger charge is -2.32. The summed E-state index contributed by atoms with van der Waals surface area (Å²) in [5.41, 5.74) is 2.18. The Kier molecular flexibility index (Phi) is 3.84. The van der Waals surface area contributed by atoms with E-state index < -0.39 is 0 Å². The second-order valence-corrected chi connectivity index (χ2v) is 5.11. The molecule has 1 aliphatic heterocycles. The number of hydrogen-bond acceptors (Lipinski definition) is 4. The van der Waals surface area contributed by atoms with Crippen molar-refractivity contribution in [3.05, 3.63) is 17.0 Å². The van der Waals surface area contributed by atoms with Crippen LogP contribution in [0.15, 0.2) is 4.52 Å². The van der Waals surface area contributed by atoms with Gasteiger partial charge < -0.3 is 14.6 Å². The van der Waals surface area contributed by atoms with Gasteiger partial charge in [-0.05, 0) is 40.5 Å². The molecular formula is C13H22N2O2. The molecule has 96 valence electrons. The first kappa shape index (κ1) is 12.6. The van der Waals surface area contributed by atoms with Gasteiger partial charge in [0.1, 0.15) is 5.76 Å². The number of aryl methyl sites for hydroxylation is 2. The van der Waals surface area contributed by atoms with Crippen LogP contribution in [0.5, 0.6) is 0 Å². The highest BCUT2D eigenvalue weighted by Crippen LogP contribution is 2.20. The van der Waals surface area contributed by atoms with Crippen molar-refractivity contribution in [3.8, 4) is 0 Å². The van der Waals surface area contributed by atoms with Crippen LogP contribution in [0, 0.1) is 13.8 Å². The van der Waals surface area contributed by atoms with Crippen LogP contribution in [0.3, 0.4) is 0 Å². The Labute approximate surface area is 103 Å². The molecule has 17 heavy (non-hydrogen) atoms. The maximum Gasteiger partial charge on any atom is 0.138 e. The van der Waals surface area contributed by atoms with Crippen LogP contribution in [0.25, 0.3) is 0 Å². The Morgan fingerprint density at radius 1 is 1.24 bits per heavy atom. The van der Waals surface area contributed by atoms with Crippen molar-refractivity contribution in [2.45, 2.75) is 65.3 Å². The molecule has 1 N–H and O–H groups in total. The molecule has 0 saturated carbocycles. The molecule has 2 rings (SSSR count). The molecule has 1 aromatic heterocycles. The number of nitrogens with one attached hydrogen (secondary N) is 1. The van der Waals surface area contributed by atoms with Gasteiger partial charge in [0.2, 0.25) is 0 Å². The first-order valence-electron chi connectivity index (χ1n) is 6.37. The summed E-state index contributed by atoms with van der Waals surface area (Å²) in [6.07, 6.45) is 2.85. The summed E-state index contributed by atoms with van der Waals surface area (Å²) < 4.78 is 10.9. The van der Waals surface area contributed by atoms with Crippen LogP contribution in [0.4, 0.5) is 0 Å². The molecule has 0 aromatic carbocycles. The highest BCUT2D eigenvalue weighted by molar-refractivity contribution is 5.20. The third-order valence-corrected chi connectivity index (χ3v) is 3.45. The molecule has 0 amide bonds. The molecule has 0 aliphatic carbocycles. The highest BCUT2D eigenvalue weighted by Gasteiger charge is 2.24. The average molecular weight is 238 g/mol. The van der Waals surface area contributed by atoms with Crippen molar-refractivity contribution in [3.63, 3.8) is 0 Å². The maximum absolute atomic E-state index is 5.73. The standard InChI is InChI=1S/C13H22N2O2/c1-8-5-12(6-9(2)16-8)14-7-13-10(3)15-17-11(13)4/h8-9,12,14H,5-7H2,1-4H3. The lowest BCUT2D eigenvalue weighted by Crippen LogP contribution is -2.41. The van der Waals surface area contributed by atoms with Gasteiger partial charge in [0.15, 0.2) is 0 Å². The minimum absolute atomic E-state index is 0.348. The summed E-state index contributed by atoms with van der Waals surface area (Å²) in [6, 6.07) is 0.530. The van der Waals surface area contributed by atoms with Crippen LogP contribution >= 0.6 is 0 Å².